The summed E-state index contributed by atoms with van der Waals surface area (Å²) in [5, 5.41) is 8.43. The lowest BCUT2D eigenvalue weighted by molar-refractivity contribution is 0.707. The molecule has 0 radical (unpaired) electrons. The quantitative estimate of drug-likeness (QED) is 0.841. The van der Waals surface area contributed by atoms with Crippen molar-refractivity contribution < 1.29 is 0 Å². The molecule has 1 N–H and O–H groups in total. The largest absolute Gasteiger partial charge is 0.377 e. The fourth-order valence-electron chi connectivity index (χ4n) is 1.97. The molecule has 0 fully saturated rings. The van der Waals surface area contributed by atoms with Gasteiger partial charge in [0.05, 0.1) is 6.54 Å². The first-order chi connectivity index (χ1) is 9.35. The Morgan fingerprint density at radius 1 is 1.26 bits per heavy atom. The van der Waals surface area contributed by atoms with Crippen LogP contribution in [0, 0.1) is 0 Å². The second kappa shape index (κ2) is 7.09. The highest BCUT2D eigenvalue weighted by molar-refractivity contribution is 7.10. The molecule has 4 nitrogen and oxygen atoms in total. The van der Waals surface area contributed by atoms with E-state index >= 15 is 0 Å². The topological polar surface area (TPSA) is 41.1 Å². The minimum Gasteiger partial charge on any atom is -0.377 e. The molecule has 0 unspecified atom stereocenters. The molecular formula is C14H20N4S. The predicted molar refractivity (Wildman–Crippen MR) is 81.9 cm³/mol. The standard InChI is InChI=1S/C14H20N4S/c1-3-4-10-18(12-8-6-5-7-9-12)11-13-14(15-2)19-17-16-13/h5-9,15H,3-4,10-11H2,1-2H3. The highest BCUT2D eigenvalue weighted by Gasteiger charge is 2.12. The third-order valence-electron chi connectivity index (χ3n) is 3.03. The number of aromatic nitrogens is 2. The van der Waals surface area contributed by atoms with Gasteiger partial charge in [-0.25, -0.2) is 0 Å². The van der Waals surface area contributed by atoms with E-state index in [1.54, 1.807) is 0 Å². The zero-order chi connectivity index (χ0) is 13.5. The van der Waals surface area contributed by atoms with Gasteiger partial charge in [0.15, 0.2) is 0 Å². The number of hydrogen-bond acceptors (Lipinski definition) is 5. The first-order valence-corrected chi connectivity index (χ1v) is 7.41. The Balaban J connectivity index is 2.14. The van der Waals surface area contributed by atoms with Crippen molar-refractivity contribution >= 4 is 22.2 Å². The molecule has 5 heteroatoms. The van der Waals surface area contributed by atoms with Crippen LogP contribution in [0.15, 0.2) is 30.3 Å². The van der Waals surface area contributed by atoms with Gasteiger partial charge in [0.1, 0.15) is 10.7 Å². The van der Waals surface area contributed by atoms with Crippen LogP contribution in [0.1, 0.15) is 25.5 Å². The first-order valence-electron chi connectivity index (χ1n) is 6.64. The predicted octanol–water partition coefficient (Wildman–Crippen LogP) is 3.39. The molecule has 2 rings (SSSR count). The summed E-state index contributed by atoms with van der Waals surface area (Å²) in [6.45, 7) is 4.06. The number of benzene rings is 1. The Morgan fingerprint density at radius 3 is 2.74 bits per heavy atom. The molecule has 0 amide bonds. The Hall–Kier alpha value is -1.62. The number of anilines is 2. The van der Waals surface area contributed by atoms with Crippen LogP contribution >= 0.6 is 11.5 Å². The van der Waals surface area contributed by atoms with E-state index in [9.17, 15) is 0 Å². The Kier molecular flexibility index (Phi) is 5.15. The summed E-state index contributed by atoms with van der Waals surface area (Å²) in [5.74, 6) is 0. The molecule has 0 aliphatic heterocycles. The average molecular weight is 276 g/mol. The molecule has 1 aromatic carbocycles. The van der Waals surface area contributed by atoms with Crippen molar-refractivity contribution in [1.29, 1.82) is 0 Å². The van der Waals surface area contributed by atoms with Gasteiger partial charge in [0.25, 0.3) is 0 Å². The molecule has 1 heterocycles. The van der Waals surface area contributed by atoms with Crippen molar-refractivity contribution in [3.63, 3.8) is 0 Å². The summed E-state index contributed by atoms with van der Waals surface area (Å²) in [7, 11) is 1.91. The van der Waals surface area contributed by atoms with Crippen molar-refractivity contribution in [1.82, 2.24) is 9.59 Å². The zero-order valence-electron chi connectivity index (χ0n) is 11.5. The average Bonchev–Trinajstić information content (AvgIpc) is 2.91. The van der Waals surface area contributed by atoms with E-state index in [1.807, 2.05) is 13.1 Å². The van der Waals surface area contributed by atoms with Crippen LogP contribution in [0.2, 0.25) is 0 Å². The summed E-state index contributed by atoms with van der Waals surface area (Å²) in [5.41, 5.74) is 2.26. The second-order valence-electron chi connectivity index (χ2n) is 4.41. The normalized spacial score (nSPS) is 10.4. The molecule has 2 aromatic rings. The van der Waals surface area contributed by atoms with Gasteiger partial charge < -0.3 is 10.2 Å². The fraction of sp³-hybridized carbons (Fsp3) is 0.429. The number of hydrogen-bond donors (Lipinski definition) is 1. The van der Waals surface area contributed by atoms with Gasteiger partial charge in [-0.2, -0.15) is 0 Å². The Morgan fingerprint density at radius 2 is 2.05 bits per heavy atom. The molecule has 0 saturated carbocycles. The van der Waals surface area contributed by atoms with E-state index < -0.39 is 0 Å². The lowest BCUT2D eigenvalue weighted by atomic mass is 10.2. The lowest BCUT2D eigenvalue weighted by Crippen LogP contribution is -2.24. The minimum absolute atomic E-state index is 0.802. The summed E-state index contributed by atoms with van der Waals surface area (Å²) in [4.78, 5) is 2.36. The molecule has 0 bridgehead atoms. The van der Waals surface area contributed by atoms with Crippen molar-refractivity contribution in [3.05, 3.63) is 36.0 Å². The number of nitrogens with one attached hydrogen (secondary N) is 1. The van der Waals surface area contributed by atoms with Crippen molar-refractivity contribution in [2.24, 2.45) is 0 Å². The Bertz CT molecular complexity index is 483. The van der Waals surface area contributed by atoms with Crippen molar-refractivity contribution in [3.8, 4) is 0 Å². The minimum atomic E-state index is 0.802. The molecule has 0 atom stereocenters. The van der Waals surface area contributed by atoms with E-state index in [0.717, 1.165) is 23.8 Å². The van der Waals surface area contributed by atoms with Crippen LogP contribution in [-0.2, 0) is 6.54 Å². The highest BCUT2D eigenvalue weighted by Crippen LogP contribution is 2.22. The van der Waals surface area contributed by atoms with E-state index in [0.29, 0.717) is 0 Å². The number of para-hydroxylation sites is 1. The zero-order valence-corrected chi connectivity index (χ0v) is 12.3. The van der Waals surface area contributed by atoms with Crippen LogP contribution in [-0.4, -0.2) is 23.2 Å². The highest BCUT2D eigenvalue weighted by atomic mass is 32.1. The van der Waals surface area contributed by atoms with Gasteiger partial charge in [-0.15, -0.1) is 5.10 Å². The fourth-order valence-corrected chi connectivity index (χ4v) is 2.49. The van der Waals surface area contributed by atoms with Crippen LogP contribution < -0.4 is 10.2 Å². The molecule has 0 aliphatic rings. The second-order valence-corrected chi connectivity index (χ2v) is 5.16. The summed E-state index contributed by atoms with van der Waals surface area (Å²) in [6, 6.07) is 10.5. The lowest BCUT2D eigenvalue weighted by Gasteiger charge is -2.24. The number of rotatable bonds is 7. The van der Waals surface area contributed by atoms with E-state index in [-0.39, 0.29) is 0 Å². The van der Waals surface area contributed by atoms with Crippen LogP contribution in [0.4, 0.5) is 10.7 Å². The molecule has 19 heavy (non-hydrogen) atoms. The van der Waals surface area contributed by atoms with Crippen molar-refractivity contribution in [2.75, 3.05) is 23.8 Å². The van der Waals surface area contributed by atoms with E-state index in [4.69, 9.17) is 0 Å². The molecule has 0 aliphatic carbocycles. The maximum absolute atomic E-state index is 4.22. The number of unbranched alkanes of at least 4 members (excludes halogenated alkanes) is 1. The summed E-state index contributed by atoms with van der Waals surface area (Å²) in [6.07, 6.45) is 2.37. The smallest absolute Gasteiger partial charge is 0.134 e. The van der Waals surface area contributed by atoms with E-state index in [2.05, 4.69) is 51.0 Å². The van der Waals surface area contributed by atoms with Crippen LogP contribution in [0.3, 0.4) is 0 Å². The molecule has 102 valence electrons. The Labute approximate surface area is 118 Å². The molecule has 0 saturated heterocycles. The van der Waals surface area contributed by atoms with Crippen molar-refractivity contribution in [2.45, 2.75) is 26.3 Å². The van der Waals surface area contributed by atoms with Gasteiger partial charge >= 0.3 is 0 Å². The van der Waals surface area contributed by atoms with Crippen LogP contribution in [0.5, 0.6) is 0 Å². The third-order valence-corrected chi connectivity index (χ3v) is 3.81. The summed E-state index contributed by atoms with van der Waals surface area (Å²) >= 11 is 1.41. The van der Waals surface area contributed by atoms with E-state index in [1.165, 1.54) is 30.1 Å². The van der Waals surface area contributed by atoms with Gasteiger partial charge in [0, 0.05) is 30.8 Å². The van der Waals surface area contributed by atoms with Crippen LogP contribution in [0.25, 0.3) is 0 Å². The van der Waals surface area contributed by atoms with Gasteiger partial charge in [-0.05, 0) is 18.6 Å². The SMILES string of the molecule is CCCCN(Cc1nnsc1NC)c1ccccc1. The number of nitrogens with zero attached hydrogens (tertiary/aromatic N) is 3. The molecular weight excluding hydrogens is 256 g/mol. The maximum atomic E-state index is 4.22. The molecule has 0 spiro atoms. The third kappa shape index (κ3) is 3.67. The summed E-state index contributed by atoms with van der Waals surface area (Å²) < 4.78 is 4.02. The monoisotopic (exact) mass is 276 g/mol. The maximum Gasteiger partial charge on any atom is 0.134 e. The van der Waals surface area contributed by atoms with Gasteiger partial charge in [0.2, 0.25) is 0 Å². The van der Waals surface area contributed by atoms with Gasteiger partial charge in [-0.1, -0.05) is 36.0 Å². The molecule has 1 aromatic heterocycles. The van der Waals surface area contributed by atoms with Gasteiger partial charge in [-0.3, -0.25) is 0 Å². The first kappa shape index (κ1) is 13.8.